The largest absolute Gasteiger partial charge is 0.345 e. The van der Waals surface area contributed by atoms with E-state index in [4.69, 9.17) is 5.41 Å². The van der Waals surface area contributed by atoms with Crippen LogP contribution >= 0.6 is 11.3 Å². The number of nitrogens with zero attached hydrogens (tertiary/aromatic N) is 2. The molecule has 0 radical (unpaired) electrons. The van der Waals surface area contributed by atoms with Gasteiger partial charge in [0.05, 0.1) is 12.0 Å². The van der Waals surface area contributed by atoms with Crippen molar-refractivity contribution in [2.24, 2.45) is 0 Å². The number of carbonyl (C=O) groups is 1. The van der Waals surface area contributed by atoms with Gasteiger partial charge in [-0.15, -0.1) is 11.3 Å². The van der Waals surface area contributed by atoms with Gasteiger partial charge in [0.2, 0.25) is 5.91 Å². The van der Waals surface area contributed by atoms with Crippen molar-refractivity contribution >= 4 is 23.2 Å². The summed E-state index contributed by atoms with van der Waals surface area (Å²) in [5.74, 6) is 0.105. The number of rotatable bonds is 2. The van der Waals surface area contributed by atoms with Gasteiger partial charge in [0.25, 0.3) is 0 Å². The molecule has 6 heteroatoms. The first-order valence-corrected chi connectivity index (χ1v) is 7.87. The van der Waals surface area contributed by atoms with Gasteiger partial charge in [0, 0.05) is 34.8 Å². The Hall–Kier alpha value is -2.21. The van der Waals surface area contributed by atoms with Crippen molar-refractivity contribution < 1.29 is 4.79 Å². The molecule has 0 unspecified atom stereocenters. The number of pyridine rings is 1. The van der Waals surface area contributed by atoms with Gasteiger partial charge in [-0.25, -0.2) is 0 Å². The van der Waals surface area contributed by atoms with Crippen molar-refractivity contribution in [1.82, 2.24) is 15.2 Å². The standard InChI is InChI=1S/C16H18N4OS/c1-10-7-12(22-14(10)11-5-4-6-18-9-11)16(2)8-13(21)20(3)15(17)19-16/h4-7,9H,8H2,1-3H3,(H2,17,19)/t16-/m0/s1. The molecule has 1 atom stereocenters. The normalized spacial score (nSPS) is 21.9. The highest BCUT2D eigenvalue weighted by atomic mass is 32.1. The van der Waals surface area contributed by atoms with Crippen molar-refractivity contribution in [2.75, 3.05) is 7.05 Å². The van der Waals surface area contributed by atoms with Crippen LogP contribution in [-0.4, -0.2) is 28.8 Å². The van der Waals surface area contributed by atoms with Crippen LogP contribution in [0.1, 0.15) is 23.8 Å². The van der Waals surface area contributed by atoms with Crippen LogP contribution in [0.2, 0.25) is 0 Å². The van der Waals surface area contributed by atoms with Crippen LogP contribution in [0.3, 0.4) is 0 Å². The summed E-state index contributed by atoms with van der Waals surface area (Å²) in [6.07, 6.45) is 3.95. The lowest BCUT2D eigenvalue weighted by molar-refractivity contribution is -0.129. The van der Waals surface area contributed by atoms with Crippen molar-refractivity contribution in [3.63, 3.8) is 0 Å². The van der Waals surface area contributed by atoms with Crippen LogP contribution < -0.4 is 5.32 Å². The number of guanidine groups is 1. The van der Waals surface area contributed by atoms with Gasteiger partial charge in [-0.2, -0.15) is 0 Å². The minimum Gasteiger partial charge on any atom is -0.345 e. The fraction of sp³-hybridized carbons (Fsp3) is 0.312. The highest BCUT2D eigenvalue weighted by Crippen LogP contribution is 2.39. The number of hydrogen-bond acceptors (Lipinski definition) is 4. The van der Waals surface area contributed by atoms with E-state index in [0.717, 1.165) is 20.9 Å². The van der Waals surface area contributed by atoms with Crippen LogP contribution in [0.4, 0.5) is 0 Å². The van der Waals surface area contributed by atoms with E-state index in [2.05, 4.69) is 23.3 Å². The molecule has 22 heavy (non-hydrogen) atoms. The van der Waals surface area contributed by atoms with Gasteiger partial charge in [0.1, 0.15) is 0 Å². The quantitative estimate of drug-likeness (QED) is 0.895. The zero-order valence-electron chi connectivity index (χ0n) is 12.8. The van der Waals surface area contributed by atoms with Crippen LogP contribution in [0.25, 0.3) is 10.4 Å². The average molecular weight is 314 g/mol. The predicted molar refractivity (Wildman–Crippen MR) is 87.9 cm³/mol. The summed E-state index contributed by atoms with van der Waals surface area (Å²) >= 11 is 1.65. The fourth-order valence-corrected chi connectivity index (χ4v) is 3.88. The number of carbonyl (C=O) groups excluding carboxylic acids is 1. The lowest BCUT2D eigenvalue weighted by atomic mass is 9.92. The second-order valence-electron chi connectivity index (χ2n) is 5.80. The van der Waals surface area contributed by atoms with Gasteiger partial charge in [0.15, 0.2) is 5.96 Å². The molecule has 1 saturated heterocycles. The number of amides is 1. The molecule has 2 aromatic heterocycles. The van der Waals surface area contributed by atoms with E-state index in [1.54, 1.807) is 24.6 Å². The number of aryl methyl sites for hydroxylation is 1. The Balaban J connectivity index is 1.99. The van der Waals surface area contributed by atoms with Gasteiger partial charge >= 0.3 is 0 Å². The smallest absolute Gasteiger partial charge is 0.231 e. The Labute approximate surface area is 133 Å². The summed E-state index contributed by atoms with van der Waals surface area (Å²) in [7, 11) is 1.62. The molecular formula is C16H18N4OS. The maximum atomic E-state index is 12.1. The van der Waals surface area contributed by atoms with Crippen molar-refractivity contribution in [3.05, 3.63) is 41.0 Å². The minimum absolute atomic E-state index is 0.0415. The van der Waals surface area contributed by atoms with E-state index in [-0.39, 0.29) is 11.9 Å². The number of nitrogens with one attached hydrogen (secondary N) is 2. The minimum atomic E-state index is -0.531. The molecular weight excluding hydrogens is 296 g/mol. The molecule has 114 valence electrons. The zero-order chi connectivity index (χ0) is 15.9. The molecule has 1 amide bonds. The van der Waals surface area contributed by atoms with E-state index < -0.39 is 5.54 Å². The van der Waals surface area contributed by atoms with Crippen molar-refractivity contribution in [2.45, 2.75) is 25.8 Å². The summed E-state index contributed by atoms with van der Waals surface area (Å²) in [5, 5.41) is 11.1. The second-order valence-corrected chi connectivity index (χ2v) is 6.85. The Morgan fingerprint density at radius 2 is 2.27 bits per heavy atom. The topological polar surface area (TPSA) is 69.1 Å². The lowest BCUT2D eigenvalue weighted by Gasteiger charge is -2.38. The van der Waals surface area contributed by atoms with Gasteiger partial charge in [-0.1, -0.05) is 6.07 Å². The molecule has 3 rings (SSSR count). The first kappa shape index (κ1) is 14.7. The van der Waals surface area contributed by atoms with Crippen LogP contribution in [-0.2, 0) is 10.3 Å². The summed E-state index contributed by atoms with van der Waals surface area (Å²) in [6.45, 7) is 4.04. The highest BCUT2D eigenvalue weighted by Gasteiger charge is 2.39. The van der Waals surface area contributed by atoms with E-state index in [1.165, 1.54) is 4.90 Å². The summed E-state index contributed by atoms with van der Waals surface area (Å²) in [6, 6.07) is 6.06. The summed E-state index contributed by atoms with van der Waals surface area (Å²) in [5.41, 5.74) is 1.71. The predicted octanol–water partition coefficient (Wildman–Crippen LogP) is 2.72. The third-order valence-corrected chi connectivity index (χ3v) is 5.54. The molecule has 1 aliphatic heterocycles. The van der Waals surface area contributed by atoms with E-state index in [9.17, 15) is 4.79 Å². The van der Waals surface area contributed by atoms with Crippen LogP contribution in [0.5, 0.6) is 0 Å². The SMILES string of the molecule is Cc1cc([C@]2(C)CC(=O)N(C)C(=N)N2)sc1-c1cccnc1. The molecule has 1 fully saturated rings. The van der Waals surface area contributed by atoms with Crippen LogP contribution in [0.15, 0.2) is 30.6 Å². The molecule has 0 bridgehead atoms. The first-order valence-electron chi connectivity index (χ1n) is 7.05. The van der Waals surface area contributed by atoms with E-state index >= 15 is 0 Å². The summed E-state index contributed by atoms with van der Waals surface area (Å²) in [4.78, 5) is 19.8. The molecule has 1 aliphatic rings. The first-order chi connectivity index (χ1) is 10.4. The van der Waals surface area contributed by atoms with Crippen molar-refractivity contribution in [3.8, 4) is 10.4 Å². The molecule has 0 aliphatic carbocycles. The van der Waals surface area contributed by atoms with E-state index in [0.29, 0.717) is 6.42 Å². The number of hydrogen-bond donors (Lipinski definition) is 2. The molecule has 0 spiro atoms. The number of aromatic nitrogens is 1. The fourth-order valence-electron chi connectivity index (χ4n) is 2.62. The van der Waals surface area contributed by atoms with Gasteiger partial charge in [-0.3, -0.25) is 20.1 Å². The maximum Gasteiger partial charge on any atom is 0.231 e. The maximum absolute atomic E-state index is 12.1. The van der Waals surface area contributed by atoms with Gasteiger partial charge < -0.3 is 5.32 Å². The molecule has 2 N–H and O–H groups in total. The highest BCUT2D eigenvalue weighted by molar-refractivity contribution is 7.15. The Bertz CT molecular complexity index is 720. The van der Waals surface area contributed by atoms with E-state index in [1.807, 2.05) is 25.3 Å². The molecule has 3 heterocycles. The molecule has 0 aromatic carbocycles. The lowest BCUT2D eigenvalue weighted by Crippen LogP contribution is -2.57. The Kier molecular flexibility index (Phi) is 3.48. The van der Waals surface area contributed by atoms with Gasteiger partial charge in [-0.05, 0) is 31.5 Å². The summed E-state index contributed by atoms with van der Waals surface area (Å²) < 4.78 is 0. The monoisotopic (exact) mass is 314 g/mol. The Morgan fingerprint density at radius 1 is 1.50 bits per heavy atom. The third kappa shape index (κ3) is 2.39. The van der Waals surface area contributed by atoms with Crippen molar-refractivity contribution in [1.29, 1.82) is 5.41 Å². The number of thiophene rings is 1. The third-order valence-electron chi connectivity index (χ3n) is 3.99. The second kappa shape index (κ2) is 5.21. The molecule has 5 nitrogen and oxygen atoms in total. The average Bonchev–Trinajstić information content (AvgIpc) is 2.88. The zero-order valence-corrected chi connectivity index (χ0v) is 13.6. The molecule has 2 aromatic rings. The molecule has 0 saturated carbocycles. The Morgan fingerprint density at radius 3 is 2.91 bits per heavy atom. The van der Waals surface area contributed by atoms with Crippen LogP contribution in [0, 0.1) is 12.3 Å².